The molecule has 0 aliphatic carbocycles. The highest BCUT2D eigenvalue weighted by Gasteiger charge is 2.25. The van der Waals surface area contributed by atoms with Crippen LogP contribution in [0.4, 0.5) is 5.69 Å². The van der Waals surface area contributed by atoms with Crippen LogP contribution in [0.15, 0.2) is 47.1 Å². The minimum Gasteiger partial charge on any atom is -0.467 e. The van der Waals surface area contributed by atoms with Crippen LogP contribution in [-0.4, -0.2) is 63.0 Å². The van der Waals surface area contributed by atoms with Gasteiger partial charge in [0.1, 0.15) is 5.76 Å². The van der Waals surface area contributed by atoms with Crippen molar-refractivity contribution in [3.63, 3.8) is 0 Å². The van der Waals surface area contributed by atoms with E-state index < -0.39 is 0 Å². The topological polar surface area (TPSA) is 70.2 Å². The van der Waals surface area contributed by atoms with E-state index in [0.717, 1.165) is 36.9 Å². The summed E-state index contributed by atoms with van der Waals surface area (Å²) in [7, 11) is 1.66. The van der Waals surface area contributed by atoms with Crippen molar-refractivity contribution >= 4 is 29.1 Å². The molecule has 2 N–H and O–H groups in total. The first-order chi connectivity index (χ1) is 13.5. The third-order valence-electron chi connectivity index (χ3n) is 4.91. The predicted molar refractivity (Wildman–Crippen MR) is 107 cm³/mol. The fourth-order valence-corrected chi connectivity index (χ4v) is 3.51. The van der Waals surface area contributed by atoms with E-state index in [4.69, 9.17) is 16.0 Å². The highest BCUT2D eigenvalue weighted by atomic mass is 35.5. The largest absolute Gasteiger partial charge is 0.467 e. The third kappa shape index (κ3) is 5.50. The highest BCUT2D eigenvalue weighted by Crippen LogP contribution is 2.24. The minimum absolute atomic E-state index is 0.0330. The van der Waals surface area contributed by atoms with Gasteiger partial charge in [0.15, 0.2) is 6.54 Å². The lowest BCUT2D eigenvalue weighted by Gasteiger charge is -2.34. The third-order valence-corrected chi connectivity index (χ3v) is 5.23. The Hall–Kier alpha value is -2.51. The molecular formula is C20H26ClN4O3+. The molecule has 1 aliphatic rings. The molecular weight excluding hydrogens is 380 g/mol. The highest BCUT2D eigenvalue weighted by molar-refractivity contribution is 6.33. The van der Waals surface area contributed by atoms with Gasteiger partial charge >= 0.3 is 0 Å². The van der Waals surface area contributed by atoms with Crippen LogP contribution in [0.3, 0.4) is 0 Å². The summed E-state index contributed by atoms with van der Waals surface area (Å²) in [5, 5.41) is 3.50. The monoisotopic (exact) mass is 405 g/mol. The Balaban J connectivity index is 1.40. The van der Waals surface area contributed by atoms with Crippen molar-refractivity contribution in [1.29, 1.82) is 0 Å². The summed E-state index contributed by atoms with van der Waals surface area (Å²) in [6, 6.07) is 11.4. The number of para-hydroxylation sites is 1. The SMILES string of the molecule is CN(CC(=O)NCc1ccco1)C(=O)C[NH+]1CCN(c2ccccc2Cl)CC1. The van der Waals surface area contributed by atoms with Gasteiger partial charge in [-0.1, -0.05) is 23.7 Å². The molecule has 0 atom stereocenters. The fourth-order valence-electron chi connectivity index (χ4n) is 3.26. The molecule has 8 heteroatoms. The van der Waals surface area contributed by atoms with Crippen LogP contribution in [0.1, 0.15) is 5.76 Å². The Kier molecular flexibility index (Phi) is 6.95. The van der Waals surface area contributed by atoms with Gasteiger partial charge in [-0.25, -0.2) is 0 Å². The summed E-state index contributed by atoms with van der Waals surface area (Å²) < 4.78 is 5.17. The van der Waals surface area contributed by atoms with Crippen molar-refractivity contribution in [3.8, 4) is 0 Å². The molecule has 2 aromatic rings. The Labute approximate surface area is 169 Å². The lowest BCUT2D eigenvalue weighted by atomic mass is 10.2. The van der Waals surface area contributed by atoms with Crippen LogP contribution in [0.2, 0.25) is 5.02 Å². The van der Waals surface area contributed by atoms with E-state index in [9.17, 15) is 9.59 Å². The van der Waals surface area contributed by atoms with Crippen molar-refractivity contribution in [2.75, 3.05) is 51.2 Å². The quantitative estimate of drug-likeness (QED) is 0.700. The average molecular weight is 406 g/mol. The molecule has 0 bridgehead atoms. The second kappa shape index (κ2) is 9.61. The first kappa shape index (κ1) is 20.2. The van der Waals surface area contributed by atoms with Gasteiger partial charge in [0.05, 0.1) is 56.2 Å². The van der Waals surface area contributed by atoms with Gasteiger partial charge in [-0.05, 0) is 24.3 Å². The molecule has 28 heavy (non-hydrogen) atoms. The number of anilines is 1. The molecule has 1 aliphatic heterocycles. The Morgan fingerprint density at radius 1 is 1.21 bits per heavy atom. The molecule has 0 saturated carbocycles. The normalized spacial score (nSPS) is 14.7. The van der Waals surface area contributed by atoms with E-state index in [2.05, 4.69) is 10.2 Å². The van der Waals surface area contributed by atoms with Crippen LogP contribution in [0.25, 0.3) is 0 Å². The van der Waals surface area contributed by atoms with E-state index in [-0.39, 0.29) is 18.4 Å². The van der Waals surface area contributed by atoms with Gasteiger partial charge < -0.3 is 24.4 Å². The van der Waals surface area contributed by atoms with Crippen molar-refractivity contribution in [1.82, 2.24) is 10.2 Å². The number of nitrogens with zero attached hydrogens (tertiary/aromatic N) is 2. The fraction of sp³-hybridized carbons (Fsp3) is 0.400. The molecule has 150 valence electrons. The van der Waals surface area contributed by atoms with Gasteiger partial charge in [0, 0.05) is 7.05 Å². The van der Waals surface area contributed by atoms with E-state index in [0.29, 0.717) is 18.8 Å². The van der Waals surface area contributed by atoms with Crippen LogP contribution >= 0.6 is 11.6 Å². The summed E-state index contributed by atoms with van der Waals surface area (Å²) >= 11 is 6.27. The molecule has 1 aromatic carbocycles. The average Bonchev–Trinajstić information content (AvgIpc) is 3.21. The Bertz CT molecular complexity index is 789. The van der Waals surface area contributed by atoms with Crippen LogP contribution in [0, 0.1) is 0 Å². The summed E-state index contributed by atoms with van der Waals surface area (Å²) in [6.07, 6.45) is 1.56. The molecule has 7 nitrogen and oxygen atoms in total. The molecule has 0 spiro atoms. The minimum atomic E-state index is -0.203. The summed E-state index contributed by atoms with van der Waals surface area (Å²) in [5.74, 6) is 0.447. The number of rotatable bonds is 7. The summed E-state index contributed by atoms with van der Waals surface area (Å²) in [6.45, 7) is 4.16. The van der Waals surface area contributed by atoms with Crippen molar-refractivity contribution in [2.45, 2.75) is 6.54 Å². The molecule has 0 radical (unpaired) electrons. The van der Waals surface area contributed by atoms with E-state index in [1.165, 1.54) is 9.80 Å². The van der Waals surface area contributed by atoms with E-state index in [1.807, 2.05) is 24.3 Å². The maximum atomic E-state index is 12.5. The number of halogens is 1. The smallest absolute Gasteiger partial charge is 0.277 e. The number of benzene rings is 1. The second-order valence-corrected chi connectivity index (χ2v) is 7.38. The standard InChI is InChI=1S/C20H25ClN4O3/c1-23(14-19(26)22-13-16-5-4-12-28-16)20(27)15-24-8-10-25(11-9-24)18-7-3-2-6-17(18)21/h2-7,12H,8-11,13-15H2,1H3,(H,22,26)/p+1. The van der Waals surface area contributed by atoms with Gasteiger partial charge in [-0.2, -0.15) is 0 Å². The maximum Gasteiger partial charge on any atom is 0.277 e. The van der Waals surface area contributed by atoms with Crippen LogP contribution in [-0.2, 0) is 16.1 Å². The van der Waals surface area contributed by atoms with Crippen molar-refractivity contribution in [3.05, 3.63) is 53.4 Å². The van der Waals surface area contributed by atoms with Crippen LogP contribution in [0.5, 0.6) is 0 Å². The number of furan rings is 1. The first-order valence-corrected chi connectivity index (χ1v) is 9.77. The maximum absolute atomic E-state index is 12.5. The molecule has 1 aromatic heterocycles. The zero-order valence-electron chi connectivity index (χ0n) is 16.0. The van der Waals surface area contributed by atoms with Crippen molar-refractivity contribution < 1.29 is 18.9 Å². The lowest BCUT2D eigenvalue weighted by molar-refractivity contribution is -0.892. The van der Waals surface area contributed by atoms with Gasteiger partial charge in [0.25, 0.3) is 5.91 Å². The number of carbonyl (C=O) groups excluding carboxylic acids is 2. The lowest BCUT2D eigenvalue weighted by Crippen LogP contribution is -3.15. The van der Waals surface area contributed by atoms with E-state index >= 15 is 0 Å². The predicted octanol–water partition coefficient (Wildman–Crippen LogP) is 0.413. The van der Waals surface area contributed by atoms with E-state index in [1.54, 1.807) is 25.4 Å². The van der Waals surface area contributed by atoms with Gasteiger partial charge in [0.2, 0.25) is 5.91 Å². The Morgan fingerprint density at radius 2 is 1.96 bits per heavy atom. The molecule has 2 amide bonds. The molecule has 2 heterocycles. The number of amides is 2. The summed E-state index contributed by atoms with van der Waals surface area (Å²) in [5.41, 5.74) is 1.04. The van der Waals surface area contributed by atoms with Gasteiger partial charge in [-0.15, -0.1) is 0 Å². The van der Waals surface area contributed by atoms with Gasteiger partial charge in [-0.3, -0.25) is 9.59 Å². The first-order valence-electron chi connectivity index (χ1n) is 9.39. The van der Waals surface area contributed by atoms with Crippen molar-refractivity contribution in [2.24, 2.45) is 0 Å². The molecule has 0 unspecified atom stereocenters. The number of hydrogen-bond donors (Lipinski definition) is 2. The summed E-state index contributed by atoms with van der Waals surface area (Å²) in [4.78, 5) is 29.4. The number of nitrogens with one attached hydrogen (secondary N) is 2. The number of quaternary nitrogens is 1. The number of carbonyl (C=O) groups is 2. The zero-order valence-corrected chi connectivity index (χ0v) is 16.7. The molecule has 1 saturated heterocycles. The second-order valence-electron chi connectivity index (χ2n) is 6.97. The molecule has 3 rings (SSSR count). The Morgan fingerprint density at radius 3 is 2.64 bits per heavy atom. The molecule has 1 fully saturated rings. The number of likely N-dealkylation sites (N-methyl/N-ethyl adjacent to an activating group) is 1. The number of hydrogen-bond acceptors (Lipinski definition) is 4. The zero-order chi connectivity index (χ0) is 19.9. The van der Waals surface area contributed by atoms with Crippen LogP contribution < -0.4 is 15.1 Å². The number of piperazine rings is 1.